The summed E-state index contributed by atoms with van der Waals surface area (Å²) in [5.74, 6) is 2.28. The molecule has 134 valence electrons. The number of nitrogens with zero attached hydrogens (tertiary/aromatic N) is 2. The van der Waals surface area contributed by atoms with E-state index in [4.69, 9.17) is 9.72 Å². The van der Waals surface area contributed by atoms with Crippen molar-refractivity contribution in [3.05, 3.63) is 35.9 Å². The first kappa shape index (κ1) is 15.6. The van der Waals surface area contributed by atoms with Crippen LogP contribution in [0.25, 0.3) is 22.4 Å². The maximum atomic E-state index is 10.4. The van der Waals surface area contributed by atoms with E-state index in [1.807, 2.05) is 25.1 Å². The largest absolute Gasteiger partial charge is 0.504 e. The fourth-order valence-electron chi connectivity index (χ4n) is 4.83. The first-order valence-electron chi connectivity index (χ1n) is 9.15. The molecule has 2 bridgehead atoms. The molecule has 1 atom stereocenters. The van der Waals surface area contributed by atoms with E-state index in [-0.39, 0.29) is 17.2 Å². The van der Waals surface area contributed by atoms with Crippen molar-refractivity contribution in [1.29, 1.82) is 0 Å². The molecule has 3 fully saturated rings. The summed E-state index contributed by atoms with van der Waals surface area (Å²) in [6.45, 7) is 1.81. The monoisotopic (exact) mass is 350 g/mol. The summed E-state index contributed by atoms with van der Waals surface area (Å²) in [5, 5.41) is 20.5. The van der Waals surface area contributed by atoms with Gasteiger partial charge in [-0.15, -0.1) is 0 Å². The number of phenols is 2. The third-order valence-electron chi connectivity index (χ3n) is 6.27. The van der Waals surface area contributed by atoms with E-state index < -0.39 is 0 Å². The number of hydrogen-bond acceptors (Lipinski definition) is 4. The van der Waals surface area contributed by atoms with Crippen LogP contribution in [-0.4, -0.2) is 26.9 Å². The van der Waals surface area contributed by atoms with Gasteiger partial charge in [-0.2, -0.15) is 0 Å². The van der Waals surface area contributed by atoms with Crippen molar-refractivity contribution in [2.45, 2.75) is 32.2 Å². The smallest absolute Gasteiger partial charge is 0.200 e. The van der Waals surface area contributed by atoms with Crippen molar-refractivity contribution >= 4 is 11.0 Å². The Bertz CT molecular complexity index is 1020. The Morgan fingerprint density at radius 2 is 1.88 bits per heavy atom. The van der Waals surface area contributed by atoms with Gasteiger partial charge in [0.25, 0.3) is 0 Å². The zero-order chi connectivity index (χ0) is 18.0. The van der Waals surface area contributed by atoms with Crippen LogP contribution in [-0.2, 0) is 0 Å². The van der Waals surface area contributed by atoms with Crippen LogP contribution >= 0.6 is 0 Å². The molecule has 2 N–H and O–H groups in total. The van der Waals surface area contributed by atoms with Crippen LogP contribution in [0.15, 0.2) is 30.3 Å². The lowest BCUT2D eigenvalue weighted by Gasteiger charge is -2.26. The Labute approximate surface area is 151 Å². The average Bonchev–Trinajstić information content (AvgIpc) is 3.30. The van der Waals surface area contributed by atoms with E-state index in [0.29, 0.717) is 17.5 Å². The Hall–Kier alpha value is -2.69. The van der Waals surface area contributed by atoms with Crippen molar-refractivity contribution in [3.63, 3.8) is 0 Å². The molecule has 5 heteroatoms. The molecule has 0 saturated heterocycles. The number of aromatic hydroxyl groups is 2. The number of fused-ring (bicyclic) bond motifs is 2. The van der Waals surface area contributed by atoms with Crippen LogP contribution in [0, 0.1) is 18.8 Å². The zero-order valence-corrected chi connectivity index (χ0v) is 14.9. The molecule has 3 aromatic rings. The lowest BCUT2D eigenvalue weighted by molar-refractivity contribution is 0.277. The molecule has 26 heavy (non-hydrogen) atoms. The van der Waals surface area contributed by atoms with E-state index >= 15 is 0 Å². The normalized spacial score (nSPS) is 24.0. The number of phenolic OH excluding ortho intramolecular Hbond substituents is 2. The van der Waals surface area contributed by atoms with E-state index in [0.717, 1.165) is 28.3 Å². The van der Waals surface area contributed by atoms with Crippen molar-refractivity contribution in [2.75, 3.05) is 7.11 Å². The summed E-state index contributed by atoms with van der Waals surface area (Å²) in [5.41, 5.74) is 3.51. The van der Waals surface area contributed by atoms with Gasteiger partial charge in [0.1, 0.15) is 5.82 Å². The van der Waals surface area contributed by atoms with Gasteiger partial charge < -0.3 is 19.5 Å². The molecule has 0 amide bonds. The van der Waals surface area contributed by atoms with Gasteiger partial charge in [-0.1, -0.05) is 12.1 Å². The predicted molar refractivity (Wildman–Crippen MR) is 99.7 cm³/mol. The summed E-state index contributed by atoms with van der Waals surface area (Å²) >= 11 is 0. The van der Waals surface area contributed by atoms with Gasteiger partial charge >= 0.3 is 0 Å². The Kier molecular flexibility index (Phi) is 3.23. The van der Waals surface area contributed by atoms with Gasteiger partial charge in [-0.3, -0.25) is 0 Å². The first-order valence-corrected chi connectivity index (χ1v) is 9.15. The number of aromatic nitrogens is 2. The fourth-order valence-corrected chi connectivity index (χ4v) is 4.83. The van der Waals surface area contributed by atoms with Gasteiger partial charge in [0.2, 0.25) is 5.75 Å². The third-order valence-corrected chi connectivity index (χ3v) is 6.27. The van der Waals surface area contributed by atoms with Crippen molar-refractivity contribution in [3.8, 4) is 28.6 Å². The standard InChI is InChI=1S/C21H22N2O3/c1-11-14(10-18(26-2)20(25)19(11)24)21-22-15-5-3-4-6-16(15)23(21)17-9-12-7-13(17)8-12/h3-6,10,12-13,17,24-25H,7-9H2,1-2H3/t12?,13?,17-/m0/s1. The summed E-state index contributed by atoms with van der Waals surface area (Å²) in [6.07, 6.45) is 3.80. The first-order chi connectivity index (χ1) is 12.6. The summed E-state index contributed by atoms with van der Waals surface area (Å²) in [6, 6.07) is 10.4. The number of ether oxygens (including phenoxy) is 1. The lowest BCUT2D eigenvalue weighted by atomic mass is 9.84. The lowest BCUT2D eigenvalue weighted by Crippen LogP contribution is -2.17. The topological polar surface area (TPSA) is 67.5 Å². The number of para-hydroxylation sites is 2. The Morgan fingerprint density at radius 3 is 2.58 bits per heavy atom. The molecule has 5 nitrogen and oxygen atoms in total. The Balaban J connectivity index is 1.79. The van der Waals surface area contributed by atoms with Crippen LogP contribution in [0.4, 0.5) is 0 Å². The minimum Gasteiger partial charge on any atom is -0.504 e. The van der Waals surface area contributed by atoms with E-state index in [1.165, 1.54) is 26.4 Å². The maximum Gasteiger partial charge on any atom is 0.200 e. The number of rotatable bonds is 3. The second-order valence-corrected chi connectivity index (χ2v) is 7.64. The number of benzene rings is 2. The SMILES string of the molecule is COc1cc(-c2nc3ccccc3n2[C@H]2CC3CC2C3)c(C)c(O)c1O. The van der Waals surface area contributed by atoms with Crippen LogP contribution < -0.4 is 4.74 Å². The number of imidazole rings is 1. The van der Waals surface area contributed by atoms with Gasteiger partial charge in [0.05, 0.1) is 18.1 Å². The van der Waals surface area contributed by atoms with Gasteiger partial charge in [0.15, 0.2) is 11.5 Å². The van der Waals surface area contributed by atoms with Crippen molar-refractivity contribution < 1.29 is 14.9 Å². The van der Waals surface area contributed by atoms with Gasteiger partial charge in [0, 0.05) is 17.2 Å². The van der Waals surface area contributed by atoms with Gasteiger partial charge in [-0.25, -0.2) is 4.98 Å². The zero-order valence-electron chi connectivity index (χ0n) is 14.9. The summed E-state index contributed by atoms with van der Waals surface area (Å²) < 4.78 is 7.62. The molecule has 0 aliphatic heterocycles. The van der Waals surface area contributed by atoms with Gasteiger partial charge in [-0.05, 0) is 56.2 Å². The second kappa shape index (κ2) is 5.40. The molecule has 3 saturated carbocycles. The molecule has 1 heterocycles. The Morgan fingerprint density at radius 1 is 1.12 bits per heavy atom. The molecular weight excluding hydrogens is 328 g/mol. The summed E-state index contributed by atoms with van der Waals surface area (Å²) in [4.78, 5) is 4.90. The van der Waals surface area contributed by atoms with E-state index in [9.17, 15) is 10.2 Å². The molecular formula is C21H22N2O3. The third kappa shape index (κ3) is 2.00. The predicted octanol–water partition coefficient (Wildman–Crippen LogP) is 4.40. The quantitative estimate of drug-likeness (QED) is 0.687. The minimum absolute atomic E-state index is 0.145. The minimum atomic E-state index is -0.223. The molecule has 0 radical (unpaired) electrons. The van der Waals surface area contributed by atoms with Crippen LogP contribution in [0.5, 0.6) is 17.2 Å². The van der Waals surface area contributed by atoms with Crippen molar-refractivity contribution in [1.82, 2.24) is 9.55 Å². The molecule has 2 aromatic carbocycles. The highest BCUT2D eigenvalue weighted by molar-refractivity contribution is 5.83. The highest BCUT2D eigenvalue weighted by Crippen LogP contribution is 2.56. The number of methoxy groups -OCH3 is 1. The molecule has 0 unspecified atom stereocenters. The van der Waals surface area contributed by atoms with Crippen LogP contribution in [0.2, 0.25) is 0 Å². The maximum absolute atomic E-state index is 10.4. The van der Waals surface area contributed by atoms with Crippen LogP contribution in [0.3, 0.4) is 0 Å². The molecule has 3 aliphatic carbocycles. The van der Waals surface area contributed by atoms with E-state index in [1.54, 1.807) is 6.07 Å². The molecule has 6 rings (SSSR count). The highest BCUT2D eigenvalue weighted by atomic mass is 16.5. The molecule has 1 aromatic heterocycles. The average molecular weight is 350 g/mol. The fraction of sp³-hybridized carbons (Fsp3) is 0.381. The van der Waals surface area contributed by atoms with Crippen molar-refractivity contribution in [2.24, 2.45) is 11.8 Å². The van der Waals surface area contributed by atoms with Crippen LogP contribution in [0.1, 0.15) is 30.9 Å². The molecule has 3 aliphatic rings. The number of hydrogen-bond donors (Lipinski definition) is 2. The summed E-state index contributed by atoms with van der Waals surface area (Å²) in [7, 11) is 1.49. The highest BCUT2D eigenvalue weighted by Gasteiger charge is 2.46. The second-order valence-electron chi connectivity index (χ2n) is 7.64. The molecule has 0 spiro atoms. The van der Waals surface area contributed by atoms with E-state index in [2.05, 4.69) is 10.6 Å².